The molecule has 6 nitrogen and oxygen atoms in total. The second-order valence-corrected chi connectivity index (χ2v) is 4.91. The van der Waals surface area contributed by atoms with Crippen LogP contribution in [-0.2, 0) is 16.6 Å². The van der Waals surface area contributed by atoms with Gasteiger partial charge in [0, 0.05) is 6.20 Å². The standard InChI is InChI=1S/C8H14N4O2S/c9-3-1-5-15(13,14)12-6-8-2-4-10-7-11-8/h2,4,7,12H,1,3,5-6,9H2. The first-order valence-electron chi connectivity index (χ1n) is 4.56. The SMILES string of the molecule is NCCCS(=O)(=O)NCc1ccncn1. The van der Waals surface area contributed by atoms with Crippen molar-refractivity contribution in [3.63, 3.8) is 0 Å². The zero-order valence-corrected chi connectivity index (χ0v) is 9.07. The number of nitrogens with two attached hydrogens (primary N) is 1. The number of aromatic nitrogens is 2. The van der Waals surface area contributed by atoms with Gasteiger partial charge in [-0.05, 0) is 19.0 Å². The molecule has 1 heterocycles. The van der Waals surface area contributed by atoms with E-state index in [-0.39, 0.29) is 12.3 Å². The number of hydrogen-bond donors (Lipinski definition) is 2. The van der Waals surface area contributed by atoms with Crippen molar-refractivity contribution in [2.45, 2.75) is 13.0 Å². The summed E-state index contributed by atoms with van der Waals surface area (Å²) in [5, 5.41) is 0. The molecule has 0 aromatic carbocycles. The second kappa shape index (κ2) is 5.74. The maximum atomic E-state index is 11.4. The molecule has 0 aliphatic heterocycles. The van der Waals surface area contributed by atoms with Crippen LogP contribution in [0.2, 0.25) is 0 Å². The maximum absolute atomic E-state index is 11.4. The normalized spacial score (nSPS) is 11.5. The molecular weight excluding hydrogens is 216 g/mol. The van der Waals surface area contributed by atoms with Crippen LogP contribution in [0.1, 0.15) is 12.1 Å². The van der Waals surface area contributed by atoms with Crippen molar-refractivity contribution in [1.29, 1.82) is 0 Å². The van der Waals surface area contributed by atoms with Crippen LogP contribution in [0.25, 0.3) is 0 Å². The number of rotatable bonds is 6. The highest BCUT2D eigenvalue weighted by molar-refractivity contribution is 7.89. The Morgan fingerprint density at radius 3 is 2.87 bits per heavy atom. The highest BCUT2D eigenvalue weighted by Gasteiger charge is 2.08. The summed E-state index contributed by atoms with van der Waals surface area (Å²) in [4.78, 5) is 7.63. The first-order chi connectivity index (χ1) is 7.14. The summed E-state index contributed by atoms with van der Waals surface area (Å²) >= 11 is 0. The van der Waals surface area contributed by atoms with Crippen molar-refractivity contribution in [3.05, 3.63) is 24.3 Å². The molecule has 0 bridgehead atoms. The Morgan fingerprint density at radius 1 is 1.47 bits per heavy atom. The molecular formula is C8H14N4O2S. The lowest BCUT2D eigenvalue weighted by atomic mass is 10.4. The Balaban J connectivity index is 2.43. The molecule has 15 heavy (non-hydrogen) atoms. The number of nitrogens with one attached hydrogen (secondary N) is 1. The van der Waals surface area contributed by atoms with Crippen LogP contribution in [0.4, 0.5) is 0 Å². The minimum atomic E-state index is -3.23. The van der Waals surface area contributed by atoms with E-state index in [0.29, 0.717) is 18.7 Å². The summed E-state index contributed by atoms with van der Waals surface area (Å²) in [6.07, 6.45) is 3.40. The van der Waals surface area contributed by atoms with Gasteiger partial charge in [0.25, 0.3) is 0 Å². The van der Waals surface area contributed by atoms with E-state index in [1.165, 1.54) is 6.33 Å². The van der Waals surface area contributed by atoms with E-state index in [9.17, 15) is 8.42 Å². The minimum Gasteiger partial charge on any atom is -0.330 e. The van der Waals surface area contributed by atoms with E-state index < -0.39 is 10.0 Å². The molecule has 84 valence electrons. The van der Waals surface area contributed by atoms with E-state index in [0.717, 1.165) is 0 Å². The fraction of sp³-hybridized carbons (Fsp3) is 0.500. The molecule has 0 amide bonds. The molecule has 0 aliphatic rings. The van der Waals surface area contributed by atoms with E-state index >= 15 is 0 Å². The lowest BCUT2D eigenvalue weighted by Gasteiger charge is -2.04. The number of nitrogens with zero attached hydrogens (tertiary/aromatic N) is 2. The fourth-order valence-corrected chi connectivity index (χ4v) is 2.01. The largest absolute Gasteiger partial charge is 0.330 e. The van der Waals surface area contributed by atoms with Crippen molar-refractivity contribution in [2.75, 3.05) is 12.3 Å². The van der Waals surface area contributed by atoms with Gasteiger partial charge in [0.2, 0.25) is 10.0 Å². The molecule has 0 aliphatic carbocycles. The Hall–Kier alpha value is -1.05. The van der Waals surface area contributed by atoms with Crippen LogP contribution in [0.15, 0.2) is 18.6 Å². The molecule has 0 unspecified atom stereocenters. The van der Waals surface area contributed by atoms with Gasteiger partial charge >= 0.3 is 0 Å². The van der Waals surface area contributed by atoms with Crippen molar-refractivity contribution >= 4 is 10.0 Å². The Labute approximate surface area is 89.0 Å². The summed E-state index contributed by atoms with van der Waals surface area (Å²) in [6.45, 7) is 0.559. The predicted molar refractivity (Wildman–Crippen MR) is 56.3 cm³/mol. The third-order valence-corrected chi connectivity index (χ3v) is 3.14. The summed E-state index contributed by atoms with van der Waals surface area (Å²) in [6, 6.07) is 1.66. The van der Waals surface area contributed by atoms with Crippen LogP contribution >= 0.6 is 0 Å². The van der Waals surface area contributed by atoms with E-state index in [2.05, 4.69) is 14.7 Å². The van der Waals surface area contributed by atoms with Crippen LogP contribution < -0.4 is 10.5 Å². The summed E-state index contributed by atoms with van der Waals surface area (Å²) < 4.78 is 25.1. The summed E-state index contributed by atoms with van der Waals surface area (Å²) in [5.41, 5.74) is 5.87. The van der Waals surface area contributed by atoms with Crippen molar-refractivity contribution in [3.8, 4) is 0 Å². The van der Waals surface area contributed by atoms with E-state index in [4.69, 9.17) is 5.73 Å². The lowest BCUT2D eigenvalue weighted by Crippen LogP contribution is -2.27. The average Bonchev–Trinajstić information content (AvgIpc) is 2.25. The smallest absolute Gasteiger partial charge is 0.211 e. The van der Waals surface area contributed by atoms with Crippen LogP contribution in [0.3, 0.4) is 0 Å². The number of sulfonamides is 1. The molecule has 0 saturated heterocycles. The zero-order valence-electron chi connectivity index (χ0n) is 8.26. The summed E-state index contributed by atoms with van der Waals surface area (Å²) in [7, 11) is -3.23. The van der Waals surface area contributed by atoms with Crippen LogP contribution in [-0.4, -0.2) is 30.7 Å². The quantitative estimate of drug-likeness (QED) is 0.669. The molecule has 0 saturated carbocycles. The molecule has 3 N–H and O–H groups in total. The van der Waals surface area contributed by atoms with Crippen molar-refractivity contribution in [1.82, 2.24) is 14.7 Å². The third-order valence-electron chi connectivity index (χ3n) is 1.73. The fourth-order valence-electron chi connectivity index (χ4n) is 0.952. The van der Waals surface area contributed by atoms with E-state index in [1.54, 1.807) is 12.3 Å². The van der Waals surface area contributed by atoms with Gasteiger partial charge in [-0.2, -0.15) is 0 Å². The van der Waals surface area contributed by atoms with Gasteiger partial charge in [0.05, 0.1) is 18.0 Å². The topological polar surface area (TPSA) is 98.0 Å². The second-order valence-electron chi connectivity index (χ2n) is 2.98. The van der Waals surface area contributed by atoms with Gasteiger partial charge < -0.3 is 5.73 Å². The Bertz CT molecular complexity index is 379. The van der Waals surface area contributed by atoms with E-state index in [1.807, 2.05) is 0 Å². The molecule has 1 aromatic heterocycles. The zero-order chi connectivity index (χ0) is 11.1. The molecule has 0 atom stereocenters. The van der Waals surface area contributed by atoms with Gasteiger partial charge in [-0.25, -0.2) is 23.1 Å². The number of hydrogen-bond acceptors (Lipinski definition) is 5. The maximum Gasteiger partial charge on any atom is 0.211 e. The average molecular weight is 230 g/mol. The molecule has 1 aromatic rings. The van der Waals surface area contributed by atoms with Gasteiger partial charge in [-0.15, -0.1) is 0 Å². The first-order valence-corrected chi connectivity index (χ1v) is 6.21. The summed E-state index contributed by atoms with van der Waals surface area (Å²) in [5.74, 6) is 0.0502. The highest BCUT2D eigenvalue weighted by Crippen LogP contribution is 1.94. The Morgan fingerprint density at radius 2 is 2.27 bits per heavy atom. The molecule has 0 fully saturated rings. The van der Waals surface area contributed by atoms with Gasteiger partial charge in [-0.3, -0.25) is 0 Å². The van der Waals surface area contributed by atoms with Crippen LogP contribution in [0.5, 0.6) is 0 Å². The predicted octanol–water partition coefficient (Wildman–Crippen LogP) is -0.755. The lowest BCUT2D eigenvalue weighted by molar-refractivity contribution is 0.578. The molecule has 0 spiro atoms. The van der Waals surface area contributed by atoms with Crippen molar-refractivity contribution < 1.29 is 8.42 Å². The Kier molecular flexibility index (Phi) is 4.60. The molecule has 7 heteroatoms. The highest BCUT2D eigenvalue weighted by atomic mass is 32.2. The van der Waals surface area contributed by atoms with Crippen LogP contribution in [0, 0.1) is 0 Å². The van der Waals surface area contributed by atoms with Gasteiger partial charge in [0.15, 0.2) is 0 Å². The monoisotopic (exact) mass is 230 g/mol. The molecule has 0 radical (unpaired) electrons. The first kappa shape index (κ1) is 12.0. The van der Waals surface area contributed by atoms with Crippen molar-refractivity contribution in [2.24, 2.45) is 5.73 Å². The third kappa shape index (κ3) is 4.82. The van der Waals surface area contributed by atoms with Gasteiger partial charge in [-0.1, -0.05) is 0 Å². The minimum absolute atomic E-state index is 0.0502. The van der Waals surface area contributed by atoms with Gasteiger partial charge in [0.1, 0.15) is 6.33 Å². The molecule has 1 rings (SSSR count).